The van der Waals surface area contributed by atoms with Crippen molar-refractivity contribution in [2.24, 2.45) is 10.9 Å². The van der Waals surface area contributed by atoms with E-state index >= 15 is 0 Å². The van der Waals surface area contributed by atoms with Gasteiger partial charge in [-0.3, -0.25) is 10.1 Å². The van der Waals surface area contributed by atoms with Gasteiger partial charge in [-0.05, 0) is 11.6 Å². The standard InChI is InChI=1S/C15H15N3O4/c1-21-14-8-13(18(19)20)12(9-17-16)7-15(14)22-10-11-5-3-2-4-6-11/h2-9H,10,16H2,1H3. The first-order chi connectivity index (χ1) is 10.7. The average Bonchev–Trinajstić information content (AvgIpc) is 2.54. The molecule has 0 heterocycles. The van der Waals surface area contributed by atoms with Gasteiger partial charge in [-0.15, -0.1) is 0 Å². The quantitative estimate of drug-likeness (QED) is 0.382. The molecule has 22 heavy (non-hydrogen) atoms. The zero-order valence-corrected chi connectivity index (χ0v) is 11.9. The third-order valence-electron chi connectivity index (χ3n) is 2.96. The molecule has 7 nitrogen and oxygen atoms in total. The van der Waals surface area contributed by atoms with Crippen LogP contribution in [0.3, 0.4) is 0 Å². The van der Waals surface area contributed by atoms with Crippen LogP contribution in [0.25, 0.3) is 0 Å². The van der Waals surface area contributed by atoms with E-state index in [1.54, 1.807) is 0 Å². The predicted molar refractivity (Wildman–Crippen MR) is 82.2 cm³/mol. The summed E-state index contributed by atoms with van der Waals surface area (Å²) in [6.45, 7) is 0.314. The summed E-state index contributed by atoms with van der Waals surface area (Å²) in [4.78, 5) is 10.5. The zero-order valence-electron chi connectivity index (χ0n) is 11.9. The summed E-state index contributed by atoms with van der Waals surface area (Å²) in [7, 11) is 1.42. The van der Waals surface area contributed by atoms with Crippen LogP contribution in [-0.2, 0) is 6.61 Å². The van der Waals surface area contributed by atoms with E-state index in [1.807, 2.05) is 30.3 Å². The lowest BCUT2D eigenvalue weighted by Gasteiger charge is -2.11. The molecule has 2 rings (SSSR count). The molecule has 0 saturated carbocycles. The van der Waals surface area contributed by atoms with Crippen LogP contribution >= 0.6 is 0 Å². The number of ether oxygens (including phenoxy) is 2. The summed E-state index contributed by atoms with van der Waals surface area (Å²) in [5, 5.41) is 14.4. The molecule has 0 fully saturated rings. The van der Waals surface area contributed by atoms with Crippen molar-refractivity contribution in [3.05, 3.63) is 63.7 Å². The van der Waals surface area contributed by atoms with Crippen LogP contribution in [0.1, 0.15) is 11.1 Å². The summed E-state index contributed by atoms with van der Waals surface area (Å²) in [5.41, 5.74) is 1.06. The minimum atomic E-state index is -0.527. The van der Waals surface area contributed by atoms with E-state index in [1.165, 1.54) is 25.5 Å². The zero-order chi connectivity index (χ0) is 15.9. The molecule has 0 spiro atoms. The lowest BCUT2D eigenvalue weighted by Crippen LogP contribution is -2.02. The number of hydrogen-bond donors (Lipinski definition) is 1. The van der Waals surface area contributed by atoms with Gasteiger partial charge in [0.05, 0.1) is 29.9 Å². The molecule has 0 aromatic heterocycles. The molecule has 7 heteroatoms. The average molecular weight is 301 g/mol. The van der Waals surface area contributed by atoms with Gasteiger partial charge < -0.3 is 15.3 Å². The Labute approximate surface area is 127 Å². The molecule has 0 unspecified atom stereocenters. The fraction of sp³-hybridized carbons (Fsp3) is 0.133. The highest BCUT2D eigenvalue weighted by atomic mass is 16.6. The number of nitro groups is 1. The number of methoxy groups -OCH3 is 1. The van der Waals surface area contributed by atoms with Crippen molar-refractivity contribution in [1.29, 1.82) is 0 Å². The molecule has 0 radical (unpaired) electrons. The van der Waals surface area contributed by atoms with Crippen LogP contribution in [0.15, 0.2) is 47.6 Å². The third-order valence-corrected chi connectivity index (χ3v) is 2.96. The number of rotatable bonds is 6. The molecule has 0 bridgehead atoms. The van der Waals surface area contributed by atoms with E-state index in [0.717, 1.165) is 5.56 Å². The van der Waals surface area contributed by atoms with Crippen molar-refractivity contribution in [1.82, 2.24) is 0 Å². The number of nitrogens with zero attached hydrogens (tertiary/aromatic N) is 2. The second-order valence-electron chi connectivity index (χ2n) is 4.37. The number of hydrogen-bond acceptors (Lipinski definition) is 6. The van der Waals surface area contributed by atoms with E-state index in [0.29, 0.717) is 12.4 Å². The third kappa shape index (κ3) is 3.51. The highest BCUT2D eigenvalue weighted by molar-refractivity contribution is 5.86. The normalized spacial score (nSPS) is 10.6. The molecule has 2 N–H and O–H groups in total. The maximum Gasteiger partial charge on any atom is 0.282 e. The van der Waals surface area contributed by atoms with Crippen molar-refractivity contribution in [2.75, 3.05) is 7.11 Å². The Morgan fingerprint density at radius 2 is 2.00 bits per heavy atom. The molecule has 0 saturated heterocycles. The minimum absolute atomic E-state index is 0.155. The van der Waals surface area contributed by atoms with Crippen LogP contribution in [0.5, 0.6) is 11.5 Å². The van der Waals surface area contributed by atoms with Gasteiger partial charge in [-0.1, -0.05) is 30.3 Å². The lowest BCUT2D eigenvalue weighted by molar-refractivity contribution is -0.385. The monoisotopic (exact) mass is 301 g/mol. The van der Waals surface area contributed by atoms with Gasteiger partial charge in [-0.2, -0.15) is 5.10 Å². The number of nitro benzene ring substituents is 1. The van der Waals surface area contributed by atoms with Gasteiger partial charge in [0.1, 0.15) is 6.61 Å². The molecule has 0 aliphatic heterocycles. The molecular formula is C15H15N3O4. The molecule has 0 atom stereocenters. The van der Waals surface area contributed by atoms with Gasteiger partial charge >= 0.3 is 0 Å². The predicted octanol–water partition coefficient (Wildman–Crippen LogP) is 2.48. The summed E-state index contributed by atoms with van der Waals surface area (Å²) < 4.78 is 10.8. The fourth-order valence-corrected chi connectivity index (χ4v) is 1.91. The largest absolute Gasteiger partial charge is 0.493 e. The molecule has 0 aliphatic rings. The number of benzene rings is 2. The van der Waals surface area contributed by atoms with Crippen LogP contribution in [0.2, 0.25) is 0 Å². The van der Waals surface area contributed by atoms with Crippen molar-refractivity contribution in [3.63, 3.8) is 0 Å². The second-order valence-corrected chi connectivity index (χ2v) is 4.37. The maximum absolute atomic E-state index is 11.1. The topological polar surface area (TPSA) is 100.0 Å². The first-order valence-electron chi connectivity index (χ1n) is 6.42. The van der Waals surface area contributed by atoms with E-state index in [2.05, 4.69) is 5.10 Å². The van der Waals surface area contributed by atoms with Crippen LogP contribution in [0, 0.1) is 10.1 Å². The summed E-state index contributed by atoms with van der Waals surface area (Å²) >= 11 is 0. The van der Waals surface area contributed by atoms with Crippen molar-refractivity contribution >= 4 is 11.9 Å². The minimum Gasteiger partial charge on any atom is -0.493 e. The van der Waals surface area contributed by atoms with E-state index in [9.17, 15) is 10.1 Å². The van der Waals surface area contributed by atoms with Gasteiger partial charge in [0.25, 0.3) is 5.69 Å². The van der Waals surface area contributed by atoms with Crippen LogP contribution in [0.4, 0.5) is 5.69 Å². The molecule has 2 aromatic carbocycles. The Hall–Kier alpha value is -3.09. The van der Waals surface area contributed by atoms with Crippen molar-refractivity contribution in [2.45, 2.75) is 6.61 Å². The Balaban J connectivity index is 2.33. The highest BCUT2D eigenvalue weighted by Gasteiger charge is 2.18. The molecule has 0 amide bonds. The summed E-state index contributed by atoms with van der Waals surface area (Å²) in [6.07, 6.45) is 1.20. The Morgan fingerprint density at radius 1 is 1.27 bits per heavy atom. The van der Waals surface area contributed by atoms with Gasteiger partial charge in [0.15, 0.2) is 11.5 Å². The smallest absolute Gasteiger partial charge is 0.282 e. The van der Waals surface area contributed by atoms with E-state index in [-0.39, 0.29) is 17.0 Å². The van der Waals surface area contributed by atoms with Gasteiger partial charge in [-0.25, -0.2) is 0 Å². The SMILES string of the molecule is COc1cc([N+](=O)[O-])c(C=NN)cc1OCc1ccccc1. The molecule has 2 aromatic rings. The fourth-order valence-electron chi connectivity index (χ4n) is 1.91. The maximum atomic E-state index is 11.1. The van der Waals surface area contributed by atoms with Crippen molar-refractivity contribution < 1.29 is 14.4 Å². The lowest BCUT2D eigenvalue weighted by atomic mass is 10.1. The Kier molecular flexibility index (Phi) is 4.92. The van der Waals surface area contributed by atoms with Crippen molar-refractivity contribution in [3.8, 4) is 11.5 Å². The first kappa shape index (κ1) is 15.3. The van der Waals surface area contributed by atoms with E-state index in [4.69, 9.17) is 15.3 Å². The molecule has 114 valence electrons. The molecule has 0 aliphatic carbocycles. The number of hydrazone groups is 1. The van der Waals surface area contributed by atoms with Crippen LogP contribution < -0.4 is 15.3 Å². The van der Waals surface area contributed by atoms with Crippen LogP contribution in [-0.4, -0.2) is 18.2 Å². The molecular weight excluding hydrogens is 286 g/mol. The number of nitrogens with two attached hydrogens (primary N) is 1. The Morgan fingerprint density at radius 3 is 2.59 bits per heavy atom. The van der Waals surface area contributed by atoms with E-state index < -0.39 is 4.92 Å². The summed E-state index contributed by atoms with van der Waals surface area (Å²) in [5.74, 6) is 5.75. The summed E-state index contributed by atoms with van der Waals surface area (Å²) in [6, 6.07) is 12.3. The first-order valence-corrected chi connectivity index (χ1v) is 6.42. The Bertz CT molecular complexity index is 687. The highest BCUT2D eigenvalue weighted by Crippen LogP contribution is 2.34. The second kappa shape index (κ2) is 7.07. The van der Waals surface area contributed by atoms with Gasteiger partial charge in [0, 0.05) is 0 Å². The van der Waals surface area contributed by atoms with Gasteiger partial charge in [0.2, 0.25) is 0 Å².